The first kappa shape index (κ1) is 13.5. The van der Waals surface area contributed by atoms with E-state index >= 15 is 0 Å². The van der Waals surface area contributed by atoms with Crippen LogP contribution in [0.5, 0.6) is 0 Å². The van der Waals surface area contributed by atoms with Gasteiger partial charge in [0.25, 0.3) is 0 Å². The molecular weight excluding hydrogens is 222 g/mol. The predicted molar refractivity (Wildman–Crippen MR) is 68.9 cm³/mol. The number of hydrogen-bond donors (Lipinski definition) is 1. The zero-order valence-corrected chi connectivity index (χ0v) is 10.9. The third kappa shape index (κ3) is 4.12. The topological polar surface area (TPSA) is 21.3 Å². The van der Waals surface area contributed by atoms with E-state index < -0.39 is 0 Å². The Morgan fingerprint density at radius 1 is 1.31 bits per heavy atom. The Labute approximate surface area is 103 Å². The number of benzene rings is 1. The highest BCUT2D eigenvalue weighted by Crippen LogP contribution is 2.22. The molecule has 0 bridgehead atoms. The van der Waals surface area contributed by atoms with Crippen LogP contribution in [0.25, 0.3) is 0 Å². The van der Waals surface area contributed by atoms with Gasteiger partial charge in [0, 0.05) is 31.3 Å². The van der Waals surface area contributed by atoms with Gasteiger partial charge in [-0.2, -0.15) is 0 Å². The van der Waals surface area contributed by atoms with Gasteiger partial charge >= 0.3 is 0 Å². The average molecular weight is 242 g/mol. The van der Waals surface area contributed by atoms with Crippen LogP contribution >= 0.6 is 11.6 Å². The van der Waals surface area contributed by atoms with Gasteiger partial charge in [-0.3, -0.25) is 0 Å². The fourth-order valence-corrected chi connectivity index (χ4v) is 1.96. The molecule has 0 heterocycles. The summed E-state index contributed by atoms with van der Waals surface area (Å²) in [5.41, 5.74) is 1.15. The van der Waals surface area contributed by atoms with Gasteiger partial charge < -0.3 is 10.1 Å². The minimum absolute atomic E-state index is 0.271. The first-order chi connectivity index (χ1) is 7.65. The predicted octanol–water partition coefficient (Wildman–Crippen LogP) is 3.27. The molecule has 2 atom stereocenters. The first-order valence-electron chi connectivity index (χ1n) is 5.62. The van der Waals surface area contributed by atoms with Crippen LogP contribution in [-0.2, 0) is 4.74 Å². The number of halogens is 1. The van der Waals surface area contributed by atoms with Gasteiger partial charge in [0.2, 0.25) is 0 Å². The molecule has 0 spiro atoms. The van der Waals surface area contributed by atoms with Crippen molar-refractivity contribution in [3.63, 3.8) is 0 Å². The van der Waals surface area contributed by atoms with Crippen molar-refractivity contribution >= 4 is 11.6 Å². The standard InChI is InChI=1S/C13H20ClNO/c1-10(9-16-3)8-15-11(2)12-6-4-5-7-13(12)14/h4-7,10-11,15H,8-9H2,1-3H3. The minimum atomic E-state index is 0.271. The third-order valence-corrected chi connectivity index (χ3v) is 2.94. The van der Waals surface area contributed by atoms with E-state index in [1.807, 2.05) is 18.2 Å². The normalized spacial score (nSPS) is 14.8. The smallest absolute Gasteiger partial charge is 0.0499 e. The van der Waals surface area contributed by atoms with Crippen molar-refractivity contribution in [3.05, 3.63) is 34.9 Å². The lowest BCUT2D eigenvalue weighted by Crippen LogP contribution is -2.26. The van der Waals surface area contributed by atoms with E-state index in [0.29, 0.717) is 5.92 Å². The summed E-state index contributed by atoms with van der Waals surface area (Å²) in [7, 11) is 1.73. The monoisotopic (exact) mass is 241 g/mol. The highest BCUT2D eigenvalue weighted by molar-refractivity contribution is 6.31. The molecule has 0 saturated carbocycles. The summed E-state index contributed by atoms with van der Waals surface area (Å²) in [5, 5.41) is 4.28. The molecular formula is C13H20ClNO. The fourth-order valence-electron chi connectivity index (χ4n) is 1.66. The Kier molecular flexibility index (Phi) is 5.81. The summed E-state index contributed by atoms with van der Waals surface area (Å²) < 4.78 is 5.10. The molecule has 16 heavy (non-hydrogen) atoms. The summed E-state index contributed by atoms with van der Waals surface area (Å²) in [6.45, 7) is 6.00. The maximum absolute atomic E-state index is 6.13. The molecule has 0 aliphatic heterocycles. The van der Waals surface area contributed by atoms with E-state index in [0.717, 1.165) is 23.7 Å². The molecule has 0 aliphatic rings. The van der Waals surface area contributed by atoms with E-state index in [1.165, 1.54) is 0 Å². The summed E-state index contributed by atoms with van der Waals surface area (Å²) in [4.78, 5) is 0. The van der Waals surface area contributed by atoms with Crippen molar-refractivity contribution in [1.29, 1.82) is 0 Å². The molecule has 0 aliphatic carbocycles. The Balaban J connectivity index is 2.46. The number of hydrogen-bond acceptors (Lipinski definition) is 2. The highest BCUT2D eigenvalue weighted by Gasteiger charge is 2.09. The van der Waals surface area contributed by atoms with Crippen molar-refractivity contribution in [3.8, 4) is 0 Å². The molecule has 0 radical (unpaired) electrons. The van der Waals surface area contributed by atoms with Crippen LogP contribution in [0.15, 0.2) is 24.3 Å². The summed E-state index contributed by atoms with van der Waals surface area (Å²) in [5.74, 6) is 0.509. The summed E-state index contributed by atoms with van der Waals surface area (Å²) in [6, 6.07) is 8.21. The third-order valence-electron chi connectivity index (χ3n) is 2.60. The lowest BCUT2D eigenvalue weighted by molar-refractivity contribution is 0.157. The van der Waals surface area contributed by atoms with E-state index in [1.54, 1.807) is 7.11 Å². The van der Waals surface area contributed by atoms with E-state index in [9.17, 15) is 0 Å². The van der Waals surface area contributed by atoms with Crippen LogP contribution < -0.4 is 5.32 Å². The van der Waals surface area contributed by atoms with Crippen LogP contribution in [0, 0.1) is 5.92 Å². The molecule has 2 unspecified atom stereocenters. The molecule has 1 aromatic rings. The van der Waals surface area contributed by atoms with Crippen molar-refractivity contribution in [2.24, 2.45) is 5.92 Å². The quantitative estimate of drug-likeness (QED) is 0.826. The van der Waals surface area contributed by atoms with Crippen LogP contribution in [-0.4, -0.2) is 20.3 Å². The van der Waals surface area contributed by atoms with Crippen molar-refractivity contribution in [1.82, 2.24) is 5.32 Å². The molecule has 1 rings (SSSR count). The van der Waals surface area contributed by atoms with Crippen LogP contribution in [0.2, 0.25) is 5.02 Å². The minimum Gasteiger partial charge on any atom is -0.384 e. The second kappa shape index (κ2) is 6.89. The maximum atomic E-state index is 6.13. The number of nitrogens with one attached hydrogen (secondary N) is 1. The van der Waals surface area contributed by atoms with E-state index in [4.69, 9.17) is 16.3 Å². The molecule has 0 fully saturated rings. The molecule has 2 nitrogen and oxygen atoms in total. The molecule has 0 saturated heterocycles. The van der Waals surface area contributed by atoms with Crippen molar-refractivity contribution < 1.29 is 4.74 Å². The Morgan fingerprint density at radius 2 is 2.00 bits per heavy atom. The van der Waals surface area contributed by atoms with Crippen molar-refractivity contribution in [2.45, 2.75) is 19.9 Å². The van der Waals surface area contributed by atoms with E-state index in [-0.39, 0.29) is 6.04 Å². The molecule has 0 amide bonds. The lowest BCUT2D eigenvalue weighted by atomic mass is 10.1. The summed E-state index contributed by atoms with van der Waals surface area (Å²) in [6.07, 6.45) is 0. The zero-order valence-electron chi connectivity index (χ0n) is 10.2. The van der Waals surface area contributed by atoms with E-state index in [2.05, 4.69) is 25.2 Å². The summed E-state index contributed by atoms with van der Waals surface area (Å²) >= 11 is 6.13. The zero-order chi connectivity index (χ0) is 12.0. The van der Waals surface area contributed by atoms with Gasteiger partial charge in [0.15, 0.2) is 0 Å². The molecule has 0 aromatic heterocycles. The number of ether oxygens (including phenoxy) is 1. The fraction of sp³-hybridized carbons (Fsp3) is 0.538. The van der Waals surface area contributed by atoms with Gasteiger partial charge in [-0.05, 0) is 24.5 Å². The van der Waals surface area contributed by atoms with Gasteiger partial charge in [-0.15, -0.1) is 0 Å². The lowest BCUT2D eigenvalue weighted by Gasteiger charge is -2.18. The molecule has 3 heteroatoms. The number of methoxy groups -OCH3 is 1. The SMILES string of the molecule is COCC(C)CNC(C)c1ccccc1Cl. The second-order valence-corrected chi connectivity index (χ2v) is 4.62. The molecule has 1 aromatic carbocycles. The van der Waals surface area contributed by atoms with Crippen LogP contribution in [0.1, 0.15) is 25.5 Å². The second-order valence-electron chi connectivity index (χ2n) is 4.21. The van der Waals surface area contributed by atoms with Gasteiger partial charge in [-0.25, -0.2) is 0 Å². The van der Waals surface area contributed by atoms with Gasteiger partial charge in [-0.1, -0.05) is 36.7 Å². The van der Waals surface area contributed by atoms with Gasteiger partial charge in [0.05, 0.1) is 0 Å². The van der Waals surface area contributed by atoms with Crippen LogP contribution in [0.3, 0.4) is 0 Å². The Hall–Kier alpha value is -0.570. The van der Waals surface area contributed by atoms with Crippen molar-refractivity contribution in [2.75, 3.05) is 20.3 Å². The largest absolute Gasteiger partial charge is 0.384 e. The number of rotatable bonds is 6. The Morgan fingerprint density at radius 3 is 2.62 bits per heavy atom. The molecule has 1 N–H and O–H groups in total. The highest BCUT2D eigenvalue weighted by atomic mass is 35.5. The average Bonchev–Trinajstić information content (AvgIpc) is 2.27. The van der Waals surface area contributed by atoms with Crippen LogP contribution in [0.4, 0.5) is 0 Å². The Bertz CT molecular complexity index is 317. The van der Waals surface area contributed by atoms with Gasteiger partial charge in [0.1, 0.15) is 0 Å². The molecule has 90 valence electrons. The maximum Gasteiger partial charge on any atom is 0.0499 e. The first-order valence-corrected chi connectivity index (χ1v) is 5.99.